The Kier molecular flexibility index (Phi) is 1.87. The van der Waals surface area contributed by atoms with Crippen molar-refractivity contribution >= 4 is 15.9 Å². The average molecular weight is 225 g/mol. The van der Waals surface area contributed by atoms with Crippen molar-refractivity contribution in [1.82, 2.24) is 20.2 Å². The molecule has 0 saturated heterocycles. The highest BCUT2D eigenvalue weighted by molar-refractivity contribution is 9.10. The van der Waals surface area contributed by atoms with E-state index < -0.39 is 0 Å². The van der Waals surface area contributed by atoms with Crippen LogP contribution in [0.5, 0.6) is 0 Å². The first-order chi connectivity index (χ1) is 5.88. The molecule has 0 saturated carbocycles. The van der Waals surface area contributed by atoms with Crippen LogP contribution in [0, 0.1) is 0 Å². The Balaban J connectivity index is 2.55. The van der Waals surface area contributed by atoms with Crippen LogP contribution >= 0.6 is 15.9 Å². The van der Waals surface area contributed by atoms with Crippen molar-refractivity contribution in [3.63, 3.8) is 0 Å². The largest absolute Gasteiger partial charge is 0.345 e. The summed E-state index contributed by atoms with van der Waals surface area (Å²) in [5.74, 6) is 0. The van der Waals surface area contributed by atoms with Crippen LogP contribution in [0.25, 0.3) is 11.3 Å². The first-order valence-corrected chi connectivity index (χ1v) is 4.12. The van der Waals surface area contributed by atoms with E-state index in [2.05, 4.69) is 36.1 Å². The minimum absolute atomic E-state index is 0.904. The molecular weight excluding hydrogens is 220 g/mol. The molecule has 1 N–H and O–H groups in total. The smallest absolute Gasteiger partial charge is 0.0924 e. The molecule has 0 fully saturated rings. The van der Waals surface area contributed by atoms with E-state index in [-0.39, 0.29) is 0 Å². The average Bonchev–Trinajstić information content (AvgIpc) is 2.57. The first-order valence-electron chi connectivity index (χ1n) is 3.33. The molecule has 0 bridgehead atoms. The zero-order valence-corrected chi connectivity index (χ0v) is 7.62. The predicted molar refractivity (Wildman–Crippen MR) is 47.3 cm³/mol. The third-order valence-corrected chi connectivity index (χ3v) is 2.10. The molecule has 0 unspecified atom stereocenters. The van der Waals surface area contributed by atoms with Crippen LogP contribution in [0.4, 0.5) is 0 Å². The second-order valence-corrected chi connectivity index (χ2v) is 3.07. The Hall–Kier alpha value is -1.23. The maximum Gasteiger partial charge on any atom is 0.0924 e. The molecule has 2 heterocycles. The molecule has 12 heavy (non-hydrogen) atoms. The SMILES string of the molecule is Brc1cnncc1-c1cnc[nH]1. The van der Waals surface area contributed by atoms with Gasteiger partial charge < -0.3 is 4.98 Å². The molecule has 0 aliphatic rings. The highest BCUT2D eigenvalue weighted by Gasteiger charge is 2.03. The molecule has 5 heteroatoms. The van der Waals surface area contributed by atoms with Gasteiger partial charge in [-0.25, -0.2) is 4.98 Å². The molecule has 2 rings (SSSR count). The third-order valence-electron chi connectivity index (χ3n) is 1.47. The fourth-order valence-corrected chi connectivity index (χ4v) is 1.32. The molecule has 60 valence electrons. The van der Waals surface area contributed by atoms with Crippen LogP contribution in [-0.4, -0.2) is 20.2 Å². The molecule has 0 spiro atoms. The summed E-state index contributed by atoms with van der Waals surface area (Å²) < 4.78 is 0.904. The van der Waals surface area contributed by atoms with Crippen molar-refractivity contribution in [3.05, 3.63) is 29.4 Å². The molecule has 2 aromatic rings. The van der Waals surface area contributed by atoms with Crippen molar-refractivity contribution in [2.75, 3.05) is 0 Å². The number of imidazole rings is 1. The van der Waals surface area contributed by atoms with Crippen molar-refractivity contribution in [2.24, 2.45) is 0 Å². The van der Waals surface area contributed by atoms with E-state index >= 15 is 0 Å². The summed E-state index contributed by atoms with van der Waals surface area (Å²) in [5, 5.41) is 7.50. The number of aromatic nitrogens is 4. The number of nitrogens with one attached hydrogen (secondary N) is 1. The fourth-order valence-electron chi connectivity index (χ4n) is 0.908. The zero-order valence-electron chi connectivity index (χ0n) is 6.03. The topological polar surface area (TPSA) is 54.5 Å². The molecule has 4 nitrogen and oxygen atoms in total. The molecule has 0 aromatic carbocycles. The van der Waals surface area contributed by atoms with Crippen LogP contribution in [0.3, 0.4) is 0 Å². The molecule has 2 aromatic heterocycles. The van der Waals surface area contributed by atoms with Crippen LogP contribution in [-0.2, 0) is 0 Å². The van der Waals surface area contributed by atoms with Crippen molar-refractivity contribution in [3.8, 4) is 11.3 Å². The zero-order chi connectivity index (χ0) is 8.39. The van der Waals surface area contributed by atoms with Gasteiger partial charge in [0, 0.05) is 10.0 Å². The van der Waals surface area contributed by atoms with Crippen molar-refractivity contribution in [1.29, 1.82) is 0 Å². The van der Waals surface area contributed by atoms with Gasteiger partial charge in [0.2, 0.25) is 0 Å². The summed E-state index contributed by atoms with van der Waals surface area (Å²) in [7, 11) is 0. The van der Waals surface area contributed by atoms with Crippen molar-refractivity contribution < 1.29 is 0 Å². The maximum atomic E-state index is 3.92. The summed E-state index contributed by atoms with van der Waals surface area (Å²) in [6, 6.07) is 0. The van der Waals surface area contributed by atoms with Gasteiger partial charge in [0.15, 0.2) is 0 Å². The molecule has 0 amide bonds. The Morgan fingerprint density at radius 2 is 2.00 bits per heavy atom. The van der Waals surface area contributed by atoms with E-state index in [4.69, 9.17) is 0 Å². The van der Waals surface area contributed by atoms with E-state index in [9.17, 15) is 0 Å². The summed E-state index contributed by atoms with van der Waals surface area (Å²) >= 11 is 3.37. The second kappa shape index (κ2) is 3.02. The van der Waals surface area contributed by atoms with E-state index in [0.29, 0.717) is 0 Å². The number of nitrogens with zero attached hydrogens (tertiary/aromatic N) is 3. The molecule has 0 aliphatic carbocycles. The number of rotatable bonds is 1. The summed E-state index contributed by atoms with van der Waals surface area (Å²) in [4.78, 5) is 6.90. The summed E-state index contributed by atoms with van der Waals surface area (Å²) in [6.45, 7) is 0. The highest BCUT2D eigenvalue weighted by atomic mass is 79.9. The normalized spacial score (nSPS) is 10.1. The Morgan fingerprint density at radius 3 is 2.67 bits per heavy atom. The highest BCUT2D eigenvalue weighted by Crippen LogP contribution is 2.23. The number of hydrogen-bond acceptors (Lipinski definition) is 3. The van der Waals surface area contributed by atoms with Gasteiger partial charge in [-0.15, -0.1) is 0 Å². The molecular formula is C7H5BrN4. The van der Waals surface area contributed by atoms with Gasteiger partial charge in [-0.3, -0.25) is 0 Å². The molecule has 0 aliphatic heterocycles. The summed E-state index contributed by atoms with van der Waals surface area (Å²) in [5.41, 5.74) is 1.89. The maximum absolute atomic E-state index is 3.92. The van der Waals surface area contributed by atoms with Gasteiger partial charge in [0.25, 0.3) is 0 Å². The second-order valence-electron chi connectivity index (χ2n) is 2.22. The Labute approximate surface area is 77.2 Å². The van der Waals surface area contributed by atoms with Gasteiger partial charge >= 0.3 is 0 Å². The molecule has 0 radical (unpaired) electrons. The van der Waals surface area contributed by atoms with Crippen LogP contribution in [0.1, 0.15) is 0 Å². The lowest BCUT2D eigenvalue weighted by Gasteiger charge is -1.97. The summed E-state index contributed by atoms with van der Waals surface area (Å²) in [6.07, 6.45) is 6.69. The minimum atomic E-state index is 0.904. The number of hydrogen-bond donors (Lipinski definition) is 1. The van der Waals surface area contributed by atoms with Crippen LogP contribution < -0.4 is 0 Å². The van der Waals surface area contributed by atoms with Crippen LogP contribution in [0.2, 0.25) is 0 Å². The predicted octanol–water partition coefficient (Wildman–Crippen LogP) is 1.63. The standard InChI is InChI=1S/C7H5BrN4/c8-6-2-12-11-1-5(6)7-3-9-4-10-7/h1-4H,(H,9,10). The minimum Gasteiger partial charge on any atom is -0.345 e. The van der Waals surface area contributed by atoms with Crippen molar-refractivity contribution in [2.45, 2.75) is 0 Å². The van der Waals surface area contributed by atoms with E-state index in [1.54, 1.807) is 24.9 Å². The van der Waals surface area contributed by atoms with Gasteiger partial charge in [-0.2, -0.15) is 10.2 Å². The Bertz CT molecular complexity index is 371. The first kappa shape index (κ1) is 7.42. The van der Waals surface area contributed by atoms with Gasteiger partial charge in [-0.1, -0.05) is 0 Å². The van der Waals surface area contributed by atoms with Gasteiger partial charge in [-0.05, 0) is 15.9 Å². The monoisotopic (exact) mass is 224 g/mol. The Morgan fingerprint density at radius 1 is 1.17 bits per heavy atom. The lowest BCUT2D eigenvalue weighted by molar-refractivity contribution is 1.02. The lowest BCUT2D eigenvalue weighted by Crippen LogP contribution is -1.84. The van der Waals surface area contributed by atoms with E-state index in [0.717, 1.165) is 15.7 Å². The fraction of sp³-hybridized carbons (Fsp3) is 0. The number of halogens is 1. The van der Waals surface area contributed by atoms with Gasteiger partial charge in [0.1, 0.15) is 0 Å². The van der Waals surface area contributed by atoms with Gasteiger partial charge in [0.05, 0.1) is 30.6 Å². The van der Waals surface area contributed by atoms with E-state index in [1.165, 1.54) is 0 Å². The lowest BCUT2D eigenvalue weighted by atomic mass is 10.2. The van der Waals surface area contributed by atoms with E-state index in [1.807, 2.05) is 0 Å². The quantitative estimate of drug-likeness (QED) is 0.802. The number of H-pyrrole nitrogens is 1. The number of aromatic amines is 1. The molecule has 0 atom stereocenters. The third kappa shape index (κ3) is 1.23. The van der Waals surface area contributed by atoms with Crippen LogP contribution in [0.15, 0.2) is 29.4 Å².